The van der Waals surface area contributed by atoms with E-state index in [1.165, 1.54) is 154 Å². The summed E-state index contributed by atoms with van der Waals surface area (Å²) in [4.78, 5) is 24.1. The summed E-state index contributed by atoms with van der Waals surface area (Å²) in [5, 5.41) is 40.8. The first-order valence-corrected chi connectivity index (χ1v) is 21.4. The van der Waals surface area contributed by atoms with Crippen molar-refractivity contribution in [3.8, 4) is 0 Å². The van der Waals surface area contributed by atoms with Crippen molar-refractivity contribution in [3.05, 3.63) is 0 Å². The molecule has 0 radical (unpaired) electrons. The van der Waals surface area contributed by atoms with Crippen LogP contribution in [-0.4, -0.2) is 70.0 Å². The van der Waals surface area contributed by atoms with Gasteiger partial charge in [-0.25, -0.2) is 0 Å². The first-order valence-electron chi connectivity index (χ1n) is 21.4. The minimum Gasteiger partial charge on any atom is -0.463 e. The Hall–Kier alpha value is -1.22. The SMILES string of the molecule is CCCCCCCCCCCCCCCCCC(=O)OC[C@@H](O)[C@@H](O)[C@H](O)[C@@H](O)COC(=O)CCCCCCCCCCCCCCCCC. The fraction of sp³-hybridized carbons (Fsp3) is 0.952. The first kappa shape index (κ1) is 48.8. The van der Waals surface area contributed by atoms with Gasteiger partial charge in [-0.2, -0.15) is 0 Å². The second-order valence-corrected chi connectivity index (χ2v) is 14.9. The van der Waals surface area contributed by atoms with Gasteiger partial charge >= 0.3 is 11.9 Å². The quantitative estimate of drug-likeness (QED) is 0.0365. The molecule has 0 aliphatic heterocycles. The van der Waals surface area contributed by atoms with E-state index in [-0.39, 0.29) is 12.8 Å². The second-order valence-electron chi connectivity index (χ2n) is 14.9. The lowest BCUT2D eigenvalue weighted by Gasteiger charge is -2.26. The fourth-order valence-electron chi connectivity index (χ4n) is 6.43. The summed E-state index contributed by atoms with van der Waals surface area (Å²) in [5.74, 6) is -0.928. The van der Waals surface area contributed by atoms with Crippen molar-refractivity contribution in [2.75, 3.05) is 13.2 Å². The van der Waals surface area contributed by atoms with Crippen molar-refractivity contribution in [1.29, 1.82) is 0 Å². The number of carbonyl (C=O) groups is 2. The fourth-order valence-corrected chi connectivity index (χ4v) is 6.43. The predicted octanol–water partition coefficient (Wildman–Crippen LogP) is 10.0. The summed E-state index contributed by atoms with van der Waals surface area (Å²) in [7, 11) is 0. The molecule has 0 aliphatic rings. The van der Waals surface area contributed by atoms with E-state index in [2.05, 4.69) is 13.8 Å². The Morgan fingerprint density at radius 3 is 0.780 bits per heavy atom. The van der Waals surface area contributed by atoms with E-state index >= 15 is 0 Å². The van der Waals surface area contributed by atoms with Crippen LogP contribution in [0.1, 0.15) is 219 Å². The zero-order valence-corrected chi connectivity index (χ0v) is 32.8. The Kier molecular flexibility index (Phi) is 36.6. The molecule has 0 aromatic rings. The molecule has 0 amide bonds. The molecule has 4 atom stereocenters. The highest BCUT2D eigenvalue weighted by Crippen LogP contribution is 2.16. The van der Waals surface area contributed by atoms with Crippen LogP contribution in [0.2, 0.25) is 0 Å². The lowest BCUT2D eigenvalue weighted by Crippen LogP contribution is -2.48. The average molecular weight is 715 g/mol. The van der Waals surface area contributed by atoms with Crippen LogP contribution in [0.5, 0.6) is 0 Å². The van der Waals surface area contributed by atoms with Crippen molar-refractivity contribution in [1.82, 2.24) is 0 Å². The summed E-state index contributed by atoms with van der Waals surface area (Å²) >= 11 is 0. The van der Waals surface area contributed by atoms with Crippen molar-refractivity contribution in [3.63, 3.8) is 0 Å². The van der Waals surface area contributed by atoms with E-state index in [1.54, 1.807) is 0 Å². The third-order valence-corrected chi connectivity index (χ3v) is 9.94. The highest BCUT2D eigenvalue weighted by Gasteiger charge is 2.32. The number of aliphatic hydroxyl groups is 4. The third kappa shape index (κ3) is 32.7. The molecule has 0 aromatic heterocycles. The maximum absolute atomic E-state index is 12.1. The number of esters is 2. The maximum Gasteiger partial charge on any atom is 0.305 e. The lowest BCUT2D eigenvalue weighted by molar-refractivity contribution is -0.162. The van der Waals surface area contributed by atoms with Crippen LogP contribution >= 0.6 is 0 Å². The standard InChI is InChI=1S/C42H82O8/c1-3-5-7-9-11-13-15-17-19-21-23-25-27-29-31-33-39(45)49-35-37(43)41(47)42(48)38(44)36-50-40(46)34-32-30-28-26-24-22-20-18-16-14-12-10-8-6-4-2/h37-38,41-44,47-48H,3-36H2,1-2H3/t37-,38+,41-,42-/m1/s1. The first-order chi connectivity index (χ1) is 24.3. The van der Waals surface area contributed by atoms with E-state index in [4.69, 9.17) is 9.47 Å². The number of unbranched alkanes of at least 4 members (excludes halogenated alkanes) is 28. The van der Waals surface area contributed by atoms with Gasteiger partial charge in [0.2, 0.25) is 0 Å². The number of carbonyl (C=O) groups excluding carboxylic acids is 2. The van der Waals surface area contributed by atoms with Crippen LogP contribution in [0.3, 0.4) is 0 Å². The zero-order chi connectivity index (χ0) is 36.9. The van der Waals surface area contributed by atoms with Gasteiger partial charge in [0.15, 0.2) is 0 Å². The van der Waals surface area contributed by atoms with Crippen LogP contribution in [0, 0.1) is 0 Å². The molecule has 0 aliphatic carbocycles. The minimum atomic E-state index is -1.75. The monoisotopic (exact) mass is 715 g/mol. The number of aliphatic hydroxyl groups excluding tert-OH is 4. The van der Waals surface area contributed by atoms with Crippen molar-refractivity contribution < 1.29 is 39.5 Å². The third-order valence-electron chi connectivity index (χ3n) is 9.94. The molecule has 0 spiro atoms. The summed E-state index contributed by atoms with van der Waals surface area (Å²) in [5.41, 5.74) is 0. The average Bonchev–Trinajstić information content (AvgIpc) is 3.12. The smallest absolute Gasteiger partial charge is 0.305 e. The van der Waals surface area contributed by atoms with Gasteiger partial charge in [0.05, 0.1) is 0 Å². The van der Waals surface area contributed by atoms with Gasteiger partial charge in [0.1, 0.15) is 37.6 Å². The van der Waals surface area contributed by atoms with E-state index < -0.39 is 49.6 Å². The van der Waals surface area contributed by atoms with Crippen LogP contribution in [0.15, 0.2) is 0 Å². The van der Waals surface area contributed by atoms with Crippen LogP contribution in [-0.2, 0) is 19.1 Å². The van der Waals surface area contributed by atoms with E-state index in [0.717, 1.165) is 25.7 Å². The highest BCUT2D eigenvalue weighted by molar-refractivity contribution is 5.69. The summed E-state index contributed by atoms with van der Waals surface area (Å²) in [6.45, 7) is 3.54. The normalized spacial score (nSPS) is 14.0. The largest absolute Gasteiger partial charge is 0.463 e. The summed E-state index contributed by atoms with van der Waals surface area (Å²) in [6.07, 6.45) is 31.1. The van der Waals surface area contributed by atoms with E-state index in [9.17, 15) is 30.0 Å². The van der Waals surface area contributed by atoms with Gasteiger partial charge in [0, 0.05) is 12.8 Å². The molecule has 0 unspecified atom stereocenters. The Balaban J connectivity index is 3.70. The molecule has 0 bridgehead atoms. The number of ether oxygens (including phenoxy) is 2. The van der Waals surface area contributed by atoms with Crippen LogP contribution < -0.4 is 0 Å². The molecule has 0 aromatic carbocycles. The molecule has 0 heterocycles. The number of rotatable bonds is 39. The Morgan fingerprint density at radius 2 is 0.560 bits per heavy atom. The van der Waals surface area contributed by atoms with Gasteiger partial charge in [-0.15, -0.1) is 0 Å². The molecular weight excluding hydrogens is 632 g/mol. The molecule has 0 rings (SSSR count). The molecule has 8 heteroatoms. The van der Waals surface area contributed by atoms with Crippen molar-refractivity contribution in [2.45, 2.75) is 244 Å². The molecule has 50 heavy (non-hydrogen) atoms. The van der Waals surface area contributed by atoms with Crippen LogP contribution in [0.4, 0.5) is 0 Å². The Bertz CT molecular complexity index is 673. The maximum atomic E-state index is 12.1. The zero-order valence-electron chi connectivity index (χ0n) is 32.8. The van der Waals surface area contributed by atoms with Gasteiger partial charge < -0.3 is 29.9 Å². The van der Waals surface area contributed by atoms with Crippen molar-refractivity contribution in [2.24, 2.45) is 0 Å². The summed E-state index contributed by atoms with van der Waals surface area (Å²) < 4.78 is 10.1. The van der Waals surface area contributed by atoms with Crippen molar-refractivity contribution >= 4 is 11.9 Å². The molecule has 0 fully saturated rings. The lowest BCUT2D eigenvalue weighted by atomic mass is 10.0. The van der Waals surface area contributed by atoms with Gasteiger partial charge in [-0.3, -0.25) is 9.59 Å². The highest BCUT2D eigenvalue weighted by atomic mass is 16.5. The molecule has 0 saturated heterocycles. The Labute approximate surface area is 307 Å². The number of hydrogen-bond donors (Lipinski definition) is 4. The Morgan fingerprint density at radius 1 is 0.360 bits per heavy atom. The number of hydrogen-bond acceptors (Lipinski definition) is 8. The van der Waals surface area contributed by atoms with Gasteiger partial charge in [-0.05, 0) is 12.8 Å². The minimum absolute atomic E-state index is 0.238. The van der Waals surface area contributed by atoms with Crippen LogP contribution in [0.25, 0.3) is 0 Å². The summed E-state index contributed by atoms with van der Waals surface area (Å²) in [6, 6.07) is 0. The molecule has 8 nitrogen and oxygen atoms in total. The molecular formula is C42H82O8. The van der Waals surface area contributed by atoms with E-state index in [0.29, 0.717) is 12.8 Å². The molecule has 4 N–H and O–H groups in total. The molecule has 0 saturated carbocycles. The van der Waals surface area contributed by atoms with Gasteiger partial charge in [0.25, 0.3) is 0 Å². The molecule has 298 valence electrons. The van der Waals surface area contributed by atoms with Gasteiger partial charge in [-0.1, -0.05) is 194 Å². The second kappa shape index (κ2) is 37.5. The van der Waals surface area contributed by atoms with E-state index in [1.807, 2.05) is 0 Å². The topological polar surface area (TPSA) is 134 Å². The predicted molar refractivity (Wildman–Crippen MR) is 205 cm³/mol.